The second-order valence-corrected chi connectivity index (χ2v) is 8.73. The van der Waals surface area contributed by atoms with Gasteiger partial charge in [0.25, 0.3) is 17.2 Å². The van der Waals surface area contributed by atoms with Gasteiger partial charge in [-0.15, -0.1) is 0 Å². The minimum Gasteiger partial charge on any atom is -1.00 e. The second kappa shape index (κ2) is 12.0. The Labute approximate surface area is 218 Å². The van der Waals surface area contributed by atoms with E-state index in [0.717, 1.165) is 11.1 Å². The number of hydrogen-bond donors (Lipinski definition) is 1. The Bertz CT molecular complexity index is 1370. The predicted molar refractivity (Wildman–Crippen MR) is 136 cm³/mol. The van der Waals surface area contributed by atoms with Gasteiger partial charge in [0.15, 0.2) is 0 Å². The molecule has 0 aliphatic heterocycles. The Morgan fingerprint density at radius 3 is 2.47 bits per heavy atom. The van der Waals surface area contributed by atoms with Crippen molar-refractivity contribution >= 4 is 17.0 Å². The van der Waals surface area contributed by atoms with E-state index in [-0.39, 0.29) is 31.0 Å². The molecule has 190 valence electrons. The molecular weight excluding hydrogens is 478 g/mol. The van der Waals surface area contributed by atoms with Crippen LogP contribution < -0.4 is 23.7 Å². The van der Waals surface area contributed by atoms with Crippen molar-refractivity contribution in [1.82, 2.24) is 19.6 Å². The number of aryl methyl sites for hydroxylation is 2. The number of halogens is 1. The maximum atomic E-state index is 13.7. The molecule has 36 heavy (non-hydrogen) atoms. The third-order valence-electron chi connectivity index (χ3n) is 6.20. The molecular formula is C27H32ClN5O3. The van der Waals surface area contributed by atoms with Crippen LogP contribution in [0.2, 0.25) is 0 Å². The van der Waals surface area contributed by atoms with Gasteiger partial charge in [0.2, 0.25) is 0 Å². The summed E-state index contributed by atoms with van der Waals surface area (Å²) in [5.74, 6) is 0.349. The van der Waals surface area contributed by atoms with Crippen molar-refractivity contribution in [2.75, 3.05) is 13.1 Å². The fourth-order valence-electron chi connectivity index (χ4n) is 4.32. The van der Waals surface area contributed by atoms with Crippen molar-refractivity contribution in [3.8, 4) is 0 Å². The van der Waals surface area contributed by atoms with Crippen LogP contribution in [0, 0.1) is 13.8 Å². The highest BCUT2D eigenvalue weighted by atomic mass is 35.5. The van der Waals surface area contributed by atoms with Crippen LogP contribution in [0.25, 0.3) is 11.1 Å². The molecule has 8 nitrogen and oxygen atoms in total. The Kier molecular flexibility index (Phi) is 9.01. The molecule has 2 N–H and O–H groups in total. The van der Waals surface area contributed by atoms with Crippen LogP contribution >= 0.6 is 0 Å². The van der Waals surface area contributed by atoms with E-state index < -0.39 is 6.04 Å². The van der Waals surface area contributed by atoms with E-state index in [9.17, 15) is 9.59 Å². The van der Waals surface area contributed by atoms with Gasteiger partial charge in [-0.2, -0.15) is 4.98 Å². The highest BCUT2D eigenvalue weighted by molar-refractivity contribution is 5.94. The van der Waals surface area contributed by atoms with Gasteiger partial charge < -0.3 is 27.6 Å². The molecule has 0 spiro atoms. The molecule has 1 amide bonds. The number of nitrogens with zero attached hydrogens (tertiary/aromatic N) is 4. The molecule has 4 aromatic rings. The van der Waals surface area contributed by atoms with Crippen LogP contribution in [0.1, 0.15) is 60.2 Å². The van der Waals surface area contributed by atoms with Gasteiger partial charge in [-0.25, -0.2) is 0 Å². The summed E-state index contributed by atoms with van der Waals surface area (Å²) in [6, 6.07) is 16.8. The molecule has 0 saturated heterocycles. The molecule has 2 heterocycles. The van der Waals surface area contributed by atoms with Gasteiger partial charge in [-0.1, -0.05) is 60.1 Å². The van der Waals surface area contributed by atoms with E-state index in [1.807, 2.05) is 68.4 Å². The highest BCUT2D eigenvalue weighted by Crippen LogP contribution is 2.27. The first kappa shape index (κ1) is 27.1. The summed E-state index contributed by atoms with van der Waals surface area (Å²) >= 11 is 0. The predicted octanol–water partition coefficient (Wildman–Crippen LogP) is 1.11. The lowest BCUT2D eigenvalue weighted by molar-refractivity contribution is -0.0000187. The van der Waals surface area contributed by atoms with Crippen molar-refractivity contribution in [3.63, 3.8) is 0 Å². The Morgan fingerprint density at radius 2 is 1.83 bits per heavy atom. The Balaban J connectivity index is 0.00000241. The number of carbonyl (C=O) groups excluding carboxylic acids is 1. The zero-order chi connectivity index (χ0) is 24.9. The number of fused-ring (bicyclic) bond motifs is 1. The number of nitrogens with two attached hydrogens (primary N) is 1. The van der Waals surface area contributed by atoms with Gasteiger partial charge in [0.05, 0.1) is 18.3 Å². The quantitative estimate of drug-likeness (QED) is 0.362. The third kappa shape index (κ3) is 5.50. The van der Waals surface area contributed by atoms with Gasteiger partial charge in [-0.05, 0) is 50.9 Å². The number of rotatable bonds is 9. The number of amides is 1. The molecule has 0 bridgehead atoms. The second-order valence-electron chi connectivity index (χ2n) is 8.73. The third-order valence-corrected chi connectivity index (χ3v) is 6.20. The number of aromatic nitrogens is 3. The summed E-state index contributed by atoms with van der Waals surface area (Å²) in [5, 5.41) is 4.33. The van der Waals surface area contributed by atoms with Crippen LogP contribution in [0.3, 0.4) is 0 Å². The van der Waals surface area contributed by atoms with Crippen molar-refractivity contribution in [2.45, 2.75) is 46.2 Å². The van der Waals surface area contributed by atoms with Crippen LogP contribution in [-0.2, 0) is 6.54 Å². The topological polar surface area (TPSA) is 107 Å². The van der Waals surface area contributed by atoms with E-state index in [1.54, 1.807) is 16.4 Å². The van der Waals surface area contributed by atoms with E-state index in [1.165, 1.54) is 0 Å². The fraction of sp³-hybridized carbons (Fsp3) is 0.333. The lowest BCUT2D eigenvalue weighted by atomic mass is 10.1. The standard InChI is InChI=1S/C27H31N5O3.ClH/c1-4-22(31(16-8-15-28)26(33)21-13-11-18(2)12-14-21)24-29-25-23(19(3)30-35-25)27(34)32(24)17-20-9-6-5-7-10-20;/h5-7,9-14,22H,4,8,15-17,28H2,1-3H3;1H. The van der Waals surface area contributed by atoms with Crippen molar-refractivity contribution in [3.05, 3.63) is 93.2 Å². The van der Waals surface area contributed by atoms with Gasteiger partial charge in [0, 0.05) is 12.1 Å². The Hall–Kier alpha value is -3.49. The monoisotopic (exact) mass is 509 g/mol. The van der Waals surface area contributed by atoms with Gasteiger partial charge in [-0.3, -0.25) is 14.2 Å². The maximum absolute atomic E-state index is 13.7. The van der Waals surface area contributed by atoms with Crippen molar-refractivity contribution in [2.24, 2.45) is 5.73 Å². The highest BCUT2D eigenvalue weighted by Gasteiger charge is 2.30. The largest absolute Gasteiger partial charge is 1.00 e. The molecule has 1 unspecified atom stereocenters. The van der Waals surface area contributed by atoms with E-state index in [4.69, 9.17) is 15.2 Å². The molecule has 1 atom stereocenters. The molecule has 0 aliphatic rings. The number of hydrogen-bond acceptors (Lipinski definition) is 6. The molecule has 9 heteroatoms. The average Bonchev–Trinajstić information content (AvgIpc) is 3.25. The molecule has 2 aromatic heterocycles. The van der Waals surface area contributed by atoms with Gasteiger partial charge in [0.1, 0.15) is 11.2 Å². The molecule has 0 fully saturated rings. The fourth-order valence-corrected chi connectivity index (χ4v) is 4.32. The van der Waals surface area contributed by atoms with Crippen molar-refractivity contribution < 1.29 is 23.2 Å². The average molecular weight is 510 g/mol. The lowest BCUT2D eigenvalue weighted by Gasteiger charge is -2.32. The normalized spacial score (nSPS) is 11.8. The minimum atomic E-state index is -0.457. The summed E-state index contributed by atoms with van der Waals surface area (Å²) in [6.45, 7) is 6.90. The van der Waals surface area contributed by atoms with Crippen LogP contribution in [0.5, 0.6) is 0 Å². The number of carbonyl (C=O) groups is 1. The minimum absolute atomic E-state index is 0. The smallest absolute Gasteiger partial charge is 1.00 e. The maximum Gasteiger partial charge on any atom is 1.00 e. The zero-order valence-corrected chi connectivity index (χ0v) is 21.5. The summed E-state index contributed by atoms with van der Waals surface area (Å²) < 4.78 is 7.04. The van der Waals surface area contributed by atoms with E-state index in [0.29, 0.717) is 54.9 Å². The summed E-state index contributed by atoms with van der Waals surface area (Å²) in [4.78, 5) is 33.9. The molecule has 4 rings (SSSR count). The first-order chi connectivity index (χ1) is 16.9. The zero-order valence-electron chi connectivity index (χ0n) is 21.8. The summed E-state index contributed by atoms with van der Waals surface area (Å²) in [5.41, 5.74) is 8.89. The van der Waals surface area contributed by atoms with Crippen molar-refractivity contribution in [1.29, 1.82) is 0 Å². The van der Waals surface area contributed by atoms with Crippen LogP contribution in [0.4, 0.5) is 0 Å². The van der Waals surface area contributed by atoms with Gasteiger partial charge >= 0.3 is 1.43 Å². The molecule has 0 saturated carbocycles. The molecule has 0 aliphatic carbocycles. The lowest BCUT2D eigenvalue weighted by Crippen LogP contribution is -3.00. The van der Waals surface area contributed by atoms with Crippen LogP contribution in [-0.4, -0.2) is 38.6 Å². The first-order valence-corrected chi connectivity index (χ1v) is 11.9. The SMILES string of the molecule is CCC(c1nc2onc(C)c2c(=O)n1Cc1ccccc1)N(CCCN)C(=O)c1ccc(C)cc1.[Cl-].[H+]. The number of benzene rings is 2. The van der Waals surface area contributed by atoms with E-state index in [2.05, 4.69) is 5.16 Å². The first-order valence-electron chi connectivity index (χ1n) is 11.9. The summed E-state index contributed by atoms with van der Waals surface area (Å²) in [7, 11) is 0. The van der Waals surface area contributed by atoms with Crippen LogP contribution in [0.15, 0.2) is 63.9 Å². The van der Waals surface area contributed by atoms with E-state index >= 15 is 0 Å². The summed E-state index contributed by atoms with van der Waals surface area (Å²) in [6.07, 6.45) is 1.18. The molecule has 2 aromatic carbocycles. The Morgan fingerprint density at radius 1 is 1.14 bits per heavy atom. The molecule has 0 radical (unpaired) electrons.